The number of fused-ring (bicyclic) bond motifs is 1. The van der Waals surface area contributed by atoms with Crippen molar-refractivity contribution in [1.82, 2.24) is 14.5 Å². The summed E-state index contributed by atoms with van der Waals surface area (Å²) in [6.07, 6.45) is 6.02. The smallest absolute Gasteiger partial charge is 0.0490 e. The van der Waals surface area contributed by atoms with E-state index >= 15 is 0 Å². The molecule has 4 aromatic rings. The van der Waals surface area contributed by atoms with Crippen molar-refractivity contribution in [3.8, 4) is 22.3 Å². The zero-order valence-corrected chi connectivity index (χ0v) is 18.2. The van der Waals surface area contributed by atoms with Crippen molar-refractivity contribution in [2.24, 2.45) is 0 Å². The Morgan fingerprint density at radius 1 is 0.897 bits per heavy atom. The Morgan fingerprint density at radius 3 is 2.31 bits per heavy atom. The van der Waals surface area contributed by atoms with Crippen molar-refractivity contribution in [2.45, 2.75) is 13.0 Å². The molecular weight excluding hydrogens is 401 g/mol. The van der Waals surface area contributed by atoms with Gasteiger partial charge in [-0.3, -0.25) is 4.98 Å². The number of hydrogen-bond acceptors (Lipinski definition) is 2. The second kappa shape index (κ2) is 8.19. The second-order valence-electron chi connectivity index (χ2n) is 7.69. The van der Waals surface area contributed by atoms with Gasteiger partial charge in [-0.25, -0.2) is 0 Å². The average Bonchev–Trinajstić information content (AvgIpc) is 3.07. The molecule has 2 heterocycles. The van der Waals surface area contributed by atoms with Gasteiger partial charge in [-0.15, -0.1) is 0 Å². The molecular formula is C24H23Cl2N3. The van der Waals surface area contributed by atoms with E-state index in [2.05, 4.69) is 53.8 Å². The molecule has 0 saturated carbocycles. The number of rotatable bonds is 5. The van der Waals surface area contributed by atoms with Gasteiger partial charge in [-0.05, 0) is 63.0 Å². The molecule has 0 bridgehead atoms. The predicted molar refractivity (Wildman–Crippen MR) is 124 cm³/mol. The Morgan fingerprint density at radius 2 is 1.59 bits per heavy atom. The van der Waals surface area contributed by atoms with Crippen molar-refractivity contribution in [3.05, 3.63) is 77.2 Å². The van der Waals surface area contributed by atoms with E-state index in [9.17, 15) is 0 Å². The molecule has 3 nitrogen and oxygen atoms in total. The lowest BCUT2D eigenvalue weighted by Crippen LogP contribution is -2.21. The van der Waals surface area contributed by atoms with Crippen molar-refractivity contribution < 1.29 is 0 Å². The van der Waals surface area contributed by atoms with Crippen molar-refractivity contribution in [3.63, 3.8) is 0 Å². The molecule has 148 valence electrons. The summed E-state index contributed by atoms with van der Waals surface area (Å²) in [5.74, 6) is 0. The molecule has 0 aliphatic carbocycles. The van der Waals surface area contributed by atoms with Crippen LogP contribution in [0.5, 0.6) is 0 Å². The molecule has 1 unspecified atom stereocenters. The quantitative estimate of drug-likeness (QED) is 0.351. The largest absolute Gasteiger partial charge is 0.343 e. The Labute approximate surface area is 181 Å². The first kappa shape index (κ1) is 20.0. The Bertz CT molecular complexity index is 1150. The SMILES string of the molecule is CC(CN(C)C)n1cc(-c2cncc(-c3ccc(Cl)cc3)c2)c2cc(Cl)ccc21. The van der Waals surface area contributed by atoms with Crippen LogP contribution >= 0.6 is 23.2 Å². The number of halogens is 2. The second-order valence-corrected chi connectivity index (χ2v) is 8.56. The highest BCUT2D eigenvalue weighted by Gasteiger charge is 2.16. The topological polar surface area (TPSA) is 21.1 Å². The van der Waals surface area contributed by atoms with Crippen molar-refractivity contribution in [2.75, 3.05) is 20.6 Å². The lowest BCUT2D eigenvalue weighted by Gasteiger charge is -2.19. The molecule has 2 aromatic heterocycles. The first-order valence-electron chi connectivity index (χ1n) is 9.58. The third-order valence-corrected chi connectivity index (χ3v) is 5.61. The molecule has 4 rings (SSSR count). The maximum Gasteiger partial charge on any atom is 0.0490 e. The monoisotopic (exact) mass is 423 g/mol. The Hall–Kier alpha value is -2.33. The van der Waals surface area contributed by atoms with Gasteiger partial charge in [-0.2, -0.15) is 0 Å². The van der Waals surface area contributed by atoms with Crippen LogP contribution in [-0.4, -0.2) is 35.1 Å². The van der Waals surface area contributed by atoms with Gasteiger partial charge >= 0.3 is 0 Å². The molecule has 29 heavy (non-hydrogen) atoms. The molecule has 0 N–H and O–H groups in total. The zero-order chi connectivity index (χ0) is 20.5. The van der Waals surface area contributed by atoms with Gasteiger partial charge in [0.1, 0.15) is 0 Å². The summed E-state index contributed by atoms with van der Waals surface area (Å²) in [5.41, 5.74) is 5.53. The minimum Gasteiger partial charge on any atom is -0.343 e. The molecule has 0 aliphatic rings. The molecule has 1 atom stereocenters. The summed E-state index contributed by atoms with van der Waals surface area (Å²) in [6, 6.07) is 16.4. The number of pyridine rings is 1. The first-order chi connectivity index (χ1) is 13.9. The van der Waals surface area contributed by atoms with Gasteiger partial charge in [0, 0.05) is 68.8 Å². The maximum absolute atomic E-state index is 6.35. The molecule has 0 spiro atoms. The number of aromatic nitrogens is 2. The van der Waals surface area contributed by atoms with E-state index < -0.39 is 0 Å². The van der Waals surface area contributed by atoms with Gasteiger partial charge in [0.05, 0.1) is 0 Å². The Kier molecular flexibility index (Phi) is 5.64. The van der Waals surface area contributed by atoms with E-state index in [-0.39, 0.29) is 0 Å². The van der Waals surface area contributed by atoms with Crippen LogP contribution in [0.3, 0.4) is 0 Å². The minimum absolute atomic E-state index is 0.329. The molecule has 0 amide bonds. The number of hydrogen-bond donors (Lipinski definition) is 0. The normalized spacial score (nSPS) is 12.6. The van der Waals surface area contributed by atoms with Crippen LogP contribution in [0.4, 0.5) is 0 Å². The van der Waals surface area contributed by atoms with Crippen molar-refractivity contribution in [1.29, 1.82) is 0 Å². The molecule has 0 aliphatic heterocycles. The van der Waals surface area contributed by atoms with Crippen LogP contribution in [0.1, 0.15) is 13.0 Å². The fourth-order valence-electron chi connectivity index (χ4n) is 3.83. The molecule has 2 aromatic carbocycles. The summed E-state index contributed by atoms with van der Waals surface area (Å²) in [5, 5.41) is 2.60. The van der Waals surface area contributed by atoms with Crippen LogP contribution in [0.15, 0.2) is 67.1 Å². The first-order valence-corrected chi connectivity index (χ1v) is 10.3. The molecule has 0 saturated heterocycles. The standard InChI is InChI=1S/C24H23Cl2N3/c1-16(14-28(2)3)29-15-23(22-11-21(26)8-9-24(22)29)19-10-18(12-27-13-19)17-4-6-20(25)7-5-17/h4-13,15-16H,14H2,1-3H3. The van der Waals surface area contributed by atoms with E-state index in [4.69, 9.17) is 23.2 Å². The zero-order valence-electron chi connectivity index (χ0n) is 16.7. The molecule has 0 radical (unpaired) electrons. The van der Waals surface area contributed by atoms with Crippen LogP contribution < -0.4 is 0 Å². The van der Waals surface area contributed by atoms with Crippen LogP contribution in [0.25, 0.3) is 33.2 Å². The van der Waals surface area contributed by atoms with Gasteiger partial charge in [-0.1, -0.05) is 35.3 Å². The highest BCUT2D eigenvalue weighted by Crippen LogP contribution is 2.35. The minimum atomic E-state index is 0.329. The van der Waals surface area contributed by atoms with Gasteiger partial charge < -0.3 is 9.47 Å². The summed E-state index contributed by atoms with van der Waals surface area (Å²) < 4.78 is 2.33. The van der Waals surface area contributed by atoms with Gasteiger partial charge in [0.15, 0.2) is 0 Å². The fourth-order valence-corrected chi connectivity index (χ4v) is 4.12. The predicted octanol–water partition coefficient (Wildman–Crippen LogP) is 6.80. The summed E-state index contributed by atoms with van der Waals surface area (Å²) in [4.78, 5) is 6.71. The van der Waals surface area contributed by atoms with Crippen LogP contribution in [0, 0.1) is 0 Å². The van der Waals surface area contributed by atoms with E-state index in [0.717, 1.165) is 44.2 Å². The number of likely N-dealkylation sites (N-methyl/N-ethyl adjacent to an activating group) is 1. The fraction of sp³-hybridized carbons (Fsp3) is 0.208. The maximum atomic E-state index is 6.35. The van der Waals surface area contributed by atoms with Crippen LogP contribution in [0.2, 0.25) is 10.0 Å². The third-order valence-electron chi connectivity index (χ3n) is 5.13. The molecule has 5 heteroatoms. The van der Waals surface area contributed by atoms with Crippen LogP contribution in [-0.2, 0) is 0 Å². The summed E-state index contributed by atoms with van der Waals surface area (Å²) in [7, 11) is 4.19. The lowest BCUT2D eigenvalue weighted by molar-refractivity contribution is 0.341. The van der Waals surface area contributed by atoms with E-state index in [1.165, 1.54) is 5.52 Å². The van der Waals surface area contributed by atoms with E-state index in [1.807, 2.05) is 48.8 Å². The summed E-state index contributed by atoms with van der Waals surface area (Å²) >= 11 is 12.4. The summed E-state index contributed by atoms with van der Waals surface area (Å²) in [6.45, 7) is 3.19. The molecule has 0 fully saturated rings. The van der Waals surface area contributed by atoms with E-state index in [0.29, 0.717) is 6.04 Å². The van der Waals surface area contributed by atoms with Gasteiger partial charge in [0.25, 0.3) is 0 Å². The highest BCUT2D eigenvalue weighted by molar-refractivity contribution is 6.31. The number of benzene rings is 2. The van der Waals surface area contributed by atoms with Crippen molar-refractivity contribution >= 4 is 34.1 Å². The van der Waals surface area contributed by atoms with Gasteiger partial charge in [0.2, 0.25) is 0 Å². The number of nitrogens with zero attached hydrogens (tertiary/aromatic N) is 3. The Balaban J connectivity index is 1.84. The lowest BCUT2D eigenvalue weighted by atomic mass is 10.0. The average molecular weight is 424 g/mol. The highest BCUT2D eigenvalue weighted by atomic mass is 35.5. The van der Waals surface area contributed by atoms with E-state index in [1.54, 1.807) is 0 Å². The third kappa shape index (κ3) is 4.18.